The SMILES string of the molecule is c1ccc(-c2ccc(-c3ccccc3N(c3ccc(-c4ccccc4-c4cccc5c4oc4ccccc45)cc3)c3ccc(-c4ccc(-c5ccccc5)cc4-n4c5ccccc5c5ccccc54)cc3)cc2)cc1. The maximum absolute atomic E-state index is 6.57. The van der Waals surface area contributed by atoms with Crippen LogP contribution in [0.5, 0.6) is 0 Å². The highest BCUT2D eigenvalue weighted by molar-refractivity contribution is 6.11. The van der Waals surface area contributed by atoms with Gasteiger partial charge in [-0.05, 0) is 105 Å². The van der Waals surface area contributed by atoms with Crippen molar-refractivity contribution in [1.82, 2.24) is 4.57 Å². The van der Waals surface area contributed by atoms with Crippen LogP contribution in [0.25, 0.3) is 116 Å². The maximum atomic E-state index is 6.57. The normalized spacial score (nSPS) is 11.5. The van der Waals surface area contributed by atoms with Crippen LogP contribution in [-0.2, 0) is 0 Å². The van der Waals surface area contributed by atoms with Crippen LogP contribution in [0.1, 0.15) is 0 Å². The van der Waals surface area contributed by atoms with E-state index in [1.165, 1.54) is 44.1 Å². The van der Waals surface area contributed by atoms with Crippen LogP contribution in [0, 0.1) is 0 Å². The molecule has 0 unspecified atom stereocenters. The second-order valence-electron chi connectivity index (χ2n) is 19.2. The summed E-state index contributed by atoms with van der Waals surface area (Å²) in [6.07, 6.45) is 0. The average Bonchev–Trinajstić information content (AvgIpc) is 4.05. The largest absolute Gasteiger partial charge is 0.455 e. The van der Waals surface area contributed by atoms with E-state index >= 15 is 0 Å². The lowest BCUT2D eigenvalue weighted by atomic mass is 9.93. The minimum absolute atomic E-state index is 0.895. The van der Waals surface area contributed by atoms with Crippen LogP contribution < -0.4 is 4.90 Å². The highest BCUT2D eigenvalue weighted by atomic mass is 16.3. The molecule has 14 rings (SSSR count). The second kappa shape index (κ2) is 18.6. The van der Waals surface area contributed by atoms with Gasteiger partial charge < -0.3 is 13.9 Å². The molecule has 0 saturated carbocycles. The van der Waals surface area contributed by atoms with E-state index in [4.69, 9.17) is 4.42 Å². The number of fused-ring (bicyclic) bond motifs is 6. The molecule has 0 spiro atoms. The summed E-state index contributed by atoms with van der Waals surface area (Å²) in [6, 6.07) is 105. The lowest BCUT2D eigenvalue weighted by Crippen LogP contribution is -2.11. The summed E-state index contributed by atoms with van der Waals surface area (Å²) >= 11 is 0. The summed E-state index contributed by atoms with van der Waals surface area (Å²) in [5.74, 6) is 0. The van der Waals surface area contributed by atoms with Gasteiger partial charge in [-0.25, -0.2) is 0 Å². The smallest absolute Gasteiger partial charge is 0.143 e. The molecule has 14 aromatic rings. The van der Waals surface area contributed by atoms with E-state index in [1.54, 1.807) is 0 Å². The van der Waals surface area contributed by atoms with Gasteiger partial charge in [0.2, 0.25) is 0 Å². The first-order valence-electron chi connectivity index (χ1n) is 25.7. The van der Waals surface area contributed by atoms with E-state index < -0.39 is 0 Å². The van der Waals surface area contributed by atoms with Crippen molar-refractivity contribution in [2.75, 3.05) is 4.90 Å². The molecule has 12 aromatic carbocycles. The number of rotatable bonds is 10. The fourth-order valence-electron chi connectivity index (χ4n) is 11.3. The van der Waals surface area contributed by atoms with E-state index in [-0.39, 0.29) is 0 Å². The molecule has 75 heavy (non-hydrogen) atoms. The quantitative estimate of drug-likeness (QED) is 0.136. The third-order valence-corrected chi connectivity index (χ3v) is 14.9. The molecule has 3 heteroatoms. The summed E-state index contributed by atoms with van der Waals surface area (Å²) in [5, 5.41) is 4.72. The minimum atomic E-state index is 0.895. The van der Waals surface area contributed by atoms with Gasteiger partial charge >= 0.3 is 0 Å². The van der Waals surface area contributed by atoms with Crippen molar-refractivity contribution in [2.24, 2.45) is 0 Å². The Kier molecular flexibility index (Phi) is 10.8. The van der Waals surface area contributed by atoms with Crippen LogP contribution >= 0.6 is 0 Å². The summed E-state index contributed by atoms with van der Waals surface area (Å²) < 4.78 is 9.01. The average molecular weight is 957 g/mol. The predicted molar refractivity (Wildman–Crippen MR) is 315 cm³/mol. The van der Waals surface area contributed by atoms with Crippen molar-refractivity contribution in [3.05, 3.63) is 291 Å². The Balaban J connectivity index is 0.903. The van der Waals surface area contributed by atoms with Gasteiger partial charge in [-0.2, -0.15) is 0 Å². The van der Waals surface area contributed by atoms with Gasteiger partial charge in [-0.1, -0.05) is 237 Å². The van der Waals surface area contributed by atoms with E-state index in [9.17, 15) is 0 Å². The first kappa shape index (κ1) is 43.8. The van der Waals surface area contributed by atoms with Gasteiger partial charge in [-0.3, -0.25) is 0 Å². The Bertz CT molecular complexity index is 4320. The Morgan fingerprint density at radius 2 is 0.707 bits per heavy atom. The van der Waals surface area contributed by atoms with Gasteiger partial charge in [0.15, 0.2) is 0 Å². The van der Waals surface area contributed by atoms with Crippen LogP contribution in [-0.4, -0.2) is 4.57 Å². The molecule has 0 aliphatic rings. The van der Waals surface area contributed by atoms with Crippen molar-refractivity contribution in [3.8, 4) is 72.4 Å². The van der Waals surface area contributed by atoms with Gasteiger partial charge in [-0.15, -0.1) is 0 Å². The first-order chi connectivity index (χ1) is 37.2. The fraction of sp³-hybridized carbons (Fsp3) is 0. The number of hydrogen-bond acceptors (Lipinski definition) is 2. The van der Waals surface area contributed by atoms with Crippen LogP contribution in [0.4, 0.5) is 17.1 Å². The van der Waals surface area contributed by atoms with Gasteiger partial charge in [0.1, 0.15) is 11.2 Å². The van der Waals surface area contributed by atoms with Crippen LogP contribution in [0.3, 0.4) is 0 Å². The molecule has 0 aliphatic carbocycles. The first-order valence-corrected chi connectivity index (χ1v) is 25.7. The number of benzene rings is 12. The van der Waals surface area contributed by atoms with Crippen LogP contribution in [0.2, 0.25) is 0 Å². The number of furan rings is 1. The molecule has 0 radical (unpaired) electrons. The number of para-hydroxylation sites is 5. The number of aromatic nitrogens is 1. The minimum Gasteiger partial charge on any atom is -0.455 e. The number of hydrogen-bond donors (Lipinski definition) is 0. The van der Waals surface area contributed by atoms with Crippen molar-refractivity contribution >= 4 is 60.8 Å². The Hall–Kier alpha value is -9.96. The molecule has 3 nitrogen and oxygen atoms in total. The van der Waals surface area contributed by atoms with Crippen molar-refractivity contribution in [3.63, 3.8) is 0 Å². The summed E-state index contributed by atoms with van der Waals surface area (Å²) in [5.41, 5.74) is 22.3. The highest BCUT2D eigenvalue weighted by Crippen LogP contribution is 2.45. The third-order valence-electron chi connectivity index (χ3n) is 14.9. The highest BCUT2D eigenvalue weighted by Gasteiger charge is 2.21. The maximum Gasteiger partial charge on any atom is 0.143 e. The van der Waals surface area contributed by atoms with E-state index in [1.807, 2.05) is 6.07 Å². The van der Waals surface area contributed by atoms with E-state index in [0.29, 0.717) is 0 Å². The topological polar surface area (TPSA) is 21.3 Å². The molecule has 0 saturated heterocycles. The van der Waals surface area contributed by atoms with Crippen molar-refractivity contribution in [1.29, 1.82) is 0 Å². The van der Waals surface area contributed by atoms with Gasteiger partial charge in [0.25, 0.3) is 0 Å². The number of nitrogens with zero attached hydrogens (tertiary/aromatic N) is 2. The summed E-state index contributed by atoms with van der Waals surface area (Å²) in [7, 11) is 0. The number of anilines is 3. The van der Waals surface area contributed by atoms with Crippen LogP contribution in [0.15, 0.2) is 296 Å². The Morgan fingerprint density at radius 3 is 1.37 bits per heavy atom. The predicted octanol–water partition coefficient (Wildman–Crippen LogP) is 20.2. The van der Waals surface area contributed by atoms with E-state index in [0.717, 1.165) is 89.2 Å². The summed E-state index contributed by atoms with van der Waals surface area (Å²) in [4.78, 5) is 2.40. The van der Waals surface area contributed by atoms with Gasteiger partial charge in [0, 0.05) is 49.6 Å². The molecule has 352 valence electrons. The Labute approximate surface area is 436 Å². The fourth-order valence-corrected chi connectivity index (χ4v) is 11.3. The lowest BCUT2D eigenvalue weighted by Gasteiger charge is -2.28. The van der Waals surface area contributed by atoms with Crippen molar-refractivity contribution < 1.29 is 4.42 Å². The zero-order valence-corrected chi connectivity index (χ0v) is 41.0. The molecule has 2 heterocycles. The molecule has 2 aromatic heterocycles. The second-order valence-corrected chi connectivity index (χ2v) is 19.2. The monoisotopic (exact) mass is 956 g/mol. The molecule has 0 aliphatic heterocycles. The molecule has 0 atom stereocenters. The lowest BCUT2D eigenvalue weighted by molar-refractivity contribution is 0.670. The molecule has 0 amide bonds. The zero-order chi connectivity index (χ0) is 49.7. The standard InChI is InChI=1S/C72H48N2O/c1-3-18-49(19-4-1)51-34-36-53(37-35-51)59-23-9-13-30-67(59)73(56-43-38-52(39-44-56)58-22-7-8-24-61(58)65-28-17-29-66-64-27-12-16-33-71(64)75-72(65)66)57-45-40-54(41-46-57)60-47-42-55(50-20-5-2-6-21-50)48-70(60)74-68-31-14-10-25-62(68)63-26-11-15-32-69(63)74/h1-48H. The zero-order valence-electron chi connectivity index (χ0n) is 41.0. The molecule has 0 N–H and O–H groups in total. The Morgan fingerprint density at radius 1 is 0.267 bits per heavy atom. The molecule has 0 fully saturated rings. The van der Waals surface area contributed by atoms with E-state index in [2.05, 4.69) is 295 Å². The molecular formula is C72H48N2O. The van der Waals surface area contributed by atoms with Gasteiger partial charge in [0.05, 0.1) is 22.4 Å². The summed E-state index contributed by atoms with van der Waals surface area (Å²) in [6.45, 7) is 0. The van der Waals surface area contributed by atoms with Crippen molar-refractivity contribution in [2.45, 2.75) is 0 Å². The molecule has 0 bridgehead atoms. The molecular weight excluding hydrogens is 909 g/mol. The third kappa shape index (κ3) is 7.78.